The van der Waals surface area contributed by atoms with E-state index in [0.717, 1.165) is 5.56 Å². The molecule has 0 saturated heterocycles. The Labute approximate surface area is 139 Å². The predicted octanol–water partition coefficient (Wildman–Crippen LogP) is 2.27. The summed E-state index contributed by atoms with van der Waals surface area (Å²) in [5.41, 5.74) is 6.41. The van der Waals surface area contributed by atoms with Gasteiger partial charge in [0.2, 0.25) is 11.8 Å². The van der Waals surface area contributed by atoms with Crippen LogP contribution >= 0.6 is 11.6 Å². The lowest BCUT2D eigenvalue weighted by atomic mass is 9.99. The molecular weight excluding hydrogens is 316 g/mol. The summed E-state index contributed by atoms with van der Waals surface area (Å²) < 4.78 is 0. The van der Waals surface area contributed by atoms with Gasteiger partial charge in [0.1, 0.15) is 0 Å². The summed E-state index contributed by atoms with van der Waals surface area (Å²) in [6, 6.07) is 9.53. The highest BCUT2D eigenvalue weighted by Crippen LogP contribution is 2.13. The molecule has 0 bridgehead atoms. The standard InChI is InChI=1S/C16H17ClN4O2/c1-11-14(16(23)21-19-11)7-8-15(22)20-18-10-13(17)9-12-5-3-2-4-6-12/h2-6,9-10,14H,7-8H2,1H3,(H,20,22)(H,21,23)/b13-9-,18-10+/t14-/m0/s1. The number of hydrogen-bond donors (Lipinski definition) is 2. The Morgan fingerprint density at radius 2 is 2.17 bits per heavy atom. The van der Waals surface area contributed by atoms with E-state index in [1.165, 1.54) is 6.21 Å². The van der Waals surface area contributed by atoms with Crippen LogP contribution in [-0.4, -0.2) is 23.7 Å². The summed E-state index contributed by atoms with van der Waals surface area (Å²) in [6.07, 6.45) is 3.68. The first kappa shape index (κ1) is 16.9. The van der Waals surface area contributed by atoms with Gasteiger partial charge in [-0.3, -0.25) is 9.59 Å². The van der Waals surface area contributed by atoms with Crippen molar-refractivity contribution in [1.82, 2.24) is 10.9 Å². The van der Waals surface area contributed by atoms with Crippen molar-refractivity contribution in [2.45, 2.75) is 19.8 Å². The van der Waals surface area contributed by atoms with Crippen LogP contribution in [0.15, 0.2) is 45.6 Å². The zero-order valence-corrected chi connectivity index (χ0v) is 13.4. The number of hydrazone groups is 2. The first-order chi connectivity index (χ1) is 11.1. The first-order valence-electron chi connectivity index (χ1n) is 7.14. The lowest BCUT2D eigenvalue weighted by Gasteiger charge is -2.06. The van der Waals surface area contributed by atoms with Crippen LogP contribution in [-0.2, 0) is 9.59 Å². The number of rotatable bonds is 6. The fourth-order valence-electron chi connectivity index (χ4n) is 2.07. The smallest absolute Gasteiger partial charge is 0.248 e. The largest absolute Gasteiger partial charge is 0.273 e. The van der Waals surface area contributed by atoms with E-state index in [0.29, 0.717) is 17.2 Å². The second kappa shape index (κ2) is 8.24. The maximum Gasteiger partial charge on any atom is 0.248 e. The van der Waals surface area contributed by atoms with Gasteiger partial charge >= 0.3 is 0 Å². The summed E-state index contributed by atoms with van der Waals surface area (Å²) in [6.45, 7) is 1.76. The average Bonchev–Trinajstić information content (AvgIpc) is 2.85. The Kier molecular flexibility index (Phi) is 6.05. The van der Waals surface area contributed by atoms with Crippen LogP contribution in [0.3, 0.4) is 0 Å². The third kappa shape index (κ3) is 5.34. The van der Waals surface area contributed by atoms with Gasteiger partial charge in [0.25, 0.3) is 0 Å². The molecule has 120 valence electrons. The number of hydrogen-bond acceptors (Lipinski definition) is 4. The van der Waals surface area contributed by atoms with Crippen LogP contribution in [0, 0.1) is 5.92 Å². The molecule has 1 heterocycles. The third-order valence-electron chi connectivity index (χ3n) is 3.30. The van der Waals surface area contributed by atoms with E-state index in [2.05, 4.69) is 21.1 Å². The molecule has 0 aromatic heterocycles. The van der Waals surface area contributed by atoms with Gasteiger partial charge in [-0.15, -0.1) is 0 Å². The minimum absolute atomic E-state index is 0.173. The molecule has 2 N–H and O–H groups in total. The average molecular weight is 333 g/mol. The molecule has 0 fully saturated rings. The van der Waals surface area contributed by atoms with Crippen molar-refractivity contribution < 1.29 is 9.59 Å². The Morgan fingerprint density at radius 3 is 2.83 bits per heavy atom. The maximum absolute atomic E-state index is 11.7. The molecule has 23 heavy (non-hydrogen) atoms. The zero-order chi connectivity index (χ0) is 16.7. The fourth-order valence-corrected chi connectivity index (χ4v) is 2.25. The van der Waals surface area contributed by atoms with Crippen molar-refractivity contribution in [1.29, 1.82) is 0 Å². The highest BCUT2D eigenvalue weighted by atomic mass is 35.5. The molecule has 1 atom stereocenters. The van der Waals surface area contributed by atoms with Crippen LogP contribution in [0.1, 0.15) is 25.3 Å². The second-order valence-electron chi connectivity index (χ2n) is 5.05. The van der Waals surface area contributed by atoms with E-state index in [1.807, 2.05) is 30.3 Å². The van der Waals surface area contributed by atoms with E-state index in [9.17, 15) is 9.59 Å². The van der Waals surface area contributed by atoms with Crippen molar-refractivity contribution in [3.8, 4) is 0 Å². The van der Waals surface area contributed by atoms with E-state index in [4.69, 9.17) is 11.6 Å². The fraction of sp³-hybridized carbons (Fsp3) is 0.250. The molecule has 0 radical (unpaired) electrons. The minimum Gasteiger partial charge on any atom is -0.273 e. The number of halogens is 1. The molecule has 0 unspecified atom stereocenters. The van der Waals surface area contributed by atoms with E-state index < -0.39 is 0 Å². The lowest BCUT2D eigenvalue weighted by molar-refractivity contribution is -0.123. The topological polar surface area (TPSA) is 82.9 Å². The van der Waals surface area contributed by atoms with Crippen LogP contribution in [0.2, 0.25) is 0 Å². The van der Waals surface area contributed by atoms with Crippen LogP contribution in [0.25, 0.3) is 6.08 Å². The Balaban J connectivity index is 1.77. The van der Waals surface area contributed by atoms with Gasteiger partial charge in [0, 0.05) is 12.1 Å². The normalized spacial score (nSPS) is 18.0. The van der Waals surface area contributed by atoms with Gasteiger partial charge in [-0.05, 0) is 25.0 Å². The lowest BCUT2D eigenvalue weighted by Crippen LogP contribution is -2.25. The quantitative estimate of drug-likeness (QED) is 0.618. The number of nitrogens with zero attached hydrogens (tertiary/aromatic N) is 2. The van der Waals surface area contributed by atoms with Crippen molar-refractivity contribution in [2.24, 2.45) is 16.1 Å². The Hall–Kier alpha value is -2.47. The third-order valence-corrected chi connectivity index (χ3v) is 3.51. The molecule has 1 aliphatic heterocycles. The van der Waals surface area contributed by atoms with Crippen molar-refractivity contribution in [3.63, 3.8) is 0 Å². The van der Waals surface area contributed by atoms with E-state index in [1.54, 1.807) is 13.0 Å². The highest BCUT2D eigenvalue weighted by molar-refractivity contribution is 6.41. The van der Waals surface area contributed by atoms with Crippen LogP contribution in [0.5, 0.6) is 0 Å². The minimum atomic E-state index is -0.341. The van der Waals surface area contributed by atoms with Gasteiger partial charge in [0.05, 0.1) is 17.2 Å². The molecule has 2 rings (SSSR count). The monoisotopic (exact) mass is 332 g/mol. The van der Waals surface area contributed by atoms with E-state index >= 15 is 0 Å². The van der Waals surface area contributed by atoms with Gasteiger partial charge < -0.3 is 0 Å². The van der Waals surface area contributed by atoms with Crippen molar-refractivity contribution >= 4 is 41.4 Å². The Bertz CT molecular complexity index is 668. The molecule has 1 aromatic carbocycles. The number of benzene rings is 1. The molecule has 6 nitrogen and oxygen atoms in total. The van der Waals surface area contributed by atoms with Crippen molar-refractivity contribution in [2.75, 3.05) is 0 Å². The van der Waals surface area contributed by atoms with Gasteiger partial charge in [-0.25, -0.2) is 10.9 Å². The summed E-state index contributed by atoms with van der Waals surface area (Å²) in [5.74, 6) is -0.795. The van der Waals surface area contributed by atoms with Crippen molar-refractivity contribution in [3.05, 3.63) is 40.9 Å². The molecular formula is C16H17ClN4O2. The number of allylic oxidation sites excluding steroid dienone is 1. The summed E-state index contributed by atoms with van der Waals surface area (Å²) in [4.78, 5) is 23.2. The Morgan fingerprint density at radius 1 is 1.43 bits per heavy atom. The van der Waals surface area contributed by atoms with Gasteiger partial charge in [0.15, 0.2) is 0 Å². The predicted molar refractivity (Wildman–Crippen MR) is 90.9 cm³/mol. The van der Waals surface area contributed by atoms with Gasteiger partial charge in [-0.2, -0.15) is 10.2 Å². The molecule has 0 spiro atoms. The molecule has 0 aliphatic carbocycles. The molecule has 0 saturated carbocycles. The van der Waals surface area contributed by atoms with Crippen LogP contribution < -0.4 is 10.9 Å². The summed E-state index contributed by atoms with van der Waals surface area (Å²) in [7, 11) is 0. The number of carbonyl (C=O) groups is 2. The highest BCUT2D eigenvalue weighted by Gasteiger charge is 2.26. The molecule has 1 aromatic rings. The maximum atomic E-state index is 11.7. The first-order valence-corrected chi connectivity index (χ1v) is 7.52. The molecule has 7 heteroatoms. The number of carbonyl (C=O) groups excluding carboxylic acids is 2. The number of nitrogens with one attached hydrogen (secondary N) is 2. The summed E-state index contributed by atoms with van der Waals surface area (Å²) >= 11 is 6.01. The molecule has 1 aliphatic rings. The zero-order valence-electron chi connectivity index (χ0n) is 12.6. The summed E-state index contributed by atoms with van der Waals surface area (Å²) in [5, 5.41) is 8.03. The van der Waals surface area contributed by atoms with E-state index in [-0.39, 0.29) is 24.2 Å². The SMILES string of the molecule is CC1=NNC(=O)[C@H]1CCC(=O)N/N=C/C(Cl)=C/c1ccccc1. The number of amides is 2. The van der Waals surface area contributed by atoms with Crippen LogP contribution in [0.4, 0.5) is 0 Å². The second-order valence-corrected chi connectivity index (χ2v) is 5.49. The van der Waals surface area contributed by atoms with Gasteiger partial charge in [-0.1, -0.05) is 41.9 Å². The molecule has 2 amide bonds.